The molecule has 0 aliphatic carbocycles. The molecule has 0 spiro atoms. The van der Waals surface area contributed by atoms with Gasteiger partial charge in [-0.05, 0) is 93.6 Å². The highest BCUT2D eigenvalue weighted by atomic mass is 16.5. The second kappa shape index (κ2) is 12.5. The summed E-state index contributed by atoms with van der Waals surface area (Å²) in [6, 6.07) is 24.5. The largest absolute Gasteiger partial charge is 0.423 e. The van der Waals surface area contributed by atoms with E-state index in [4.69, 9.17) is 4.74 Å². The Morgan fingerprint density at radius 1 is 0.900 bits per heavy atom. The maximum absolute atomic E-state index is 13.2. The van der Waals surface area contributed by atoms with Crippen molar-refractivity contribution in [2.45, 2.75) is 70.2 Å². The molecule has 6 heteroatoms. The summed E-state index contributed by atoms with van der Waals surface area (Å²) in [7, 11) is 0. The Labute approximate surface area is 237 Å². The molecule has 6 nitrogen and oxygen atoms in total. The summed E-state index contributed by atoms with van der Waals surface area (Å²) in [6.45, 7) is 7.50. The number of hydrogen-bond donors (Lipinski definition) is 1. The Morgan fingerprint density at radius 3 is 2.20 bits per heavy atom. The van der Waals surface area contributed by atoms with Gasteiger partial charge >= 0.3 is 5.97 Å². The molecule has 0 radical (unpaired) electrons. The third-order valence-electron chi connectivity index (χ3n) is 8.73. The molecule has 3 aromatic rings. The van der Waals surface area contributed by atoms with Crippen LogP contribution >= 0.6 is 0 Å². The summed E-state index contributed by atoms with van der Waals surface area (Å²) in [4.78, 5) is 30.6. The monoisotopic (exact) mass is 540 g/mol. The fraction of sp³-hybridized carbons (Fsp3) is 0.412. The van der Waals surface area contributed by atoms with Gasteiger partial charge in [-0.1, -0.05) is 48.9 Å². The number of carbonyl (C=O) groups excluding carboxylic acids is 2. The van der Waals surface area contributed by atoms with Crippen molar-refractivity contribution < 1.29 is 19.4 Å². The van der Waals surface area contributed by atoms with Crippen molar-refractivity contribution in [3.8, 4) is 5.75 Å². The number of benzene rings is 3. The minimum absolute atomic E-state index is 0.0154. The lowest BCUT2D eigenvalue weighted by atomic mass is 9.84. The third kappa shape index (κ3) is 6.52. The molecule has 0 bridgehead atoms. The van der Waals surface area contributed by atoms with Gasteiger partial charge in [-0.25, -0.2) is 4.79 Å². The summed E-state index contributed by atoms with van der Waals surface area (Å²) >= 11 is 0. The van der Waals surface area contributed by atoms with E-state index in [0.717, 1.165) is 18.7 Å². The van der Waals surface area contributed by atoms with Gasteiger partial charge < -0.3 is 9.84 Å². The van der Waals surface area contributed by atoms with Crippen molar-refractivity contribution >= 4 is 11.8 Å². The van der Waals surface area contributed by atoms with E-state index in [1.54, 1.807) is 24.3 Å². The van der Waals surface area contributed by atoms with Crippen LogP contribution in [0.3, 0.4) is 0 Å². The van der Waals surface area contributed by atoms with E-state index in [2.05, 4.69) is 16.7 Å². The number of likely N-dealkylation sites (tertiary alicyclic amines) is 2. The molecule has 5 rings (SSSR count). The molecule has 210 valence electrons. The third-order valence-corrected chi connectivity index (χ3v) is 8.73. The highest BCUT2D eigenvalue weighted by Gasteiger charge is 2.36. The van der Waals surface area contributed by atoms with Gasteiger partial charge in [0.2, 0.25) is 0 Å². The molecule has 0 aromatic heterocycles. The van der Waals surface area contributed by atoms with Gasteiger partial charge in [0.1, 0.15) is 5.75 Å². The van der Waals surface area contributed by atoms with E-state index in [0.29, 0.717) is 48.8 Å². The normalized spacial score (nSPS) is 20.5. The van der Waals surface area contributed by atoms with Crippen LogP contribution in [0.2, 0.25) is 0 Å². The minimum Gasteiger partial charge on any atom is -0.423 e. The van der Waals surface area contributed by atoms with Crippen molar-refractivity contribution in [2.24, 2.45) is 0 Å². The van der Waals surface area contributed by atoms with Crippen molar-refractivity contribution in [1.82, 2.24) is 9.80 Å². The molecule has 1 N–H and O–H groups in total. The van der Waals surface area contributed by atoms with Crippen molar-refractivity contribution in [3.05, 3.63) is 101 Å². The van der Waals surface area contributed by atoms with Gasteiger partial charge in [-0.2, -0.15) is 0 Å². The van der Waals surface area contributed by atoms with Crippen molar-refractivity contribution in [1.29, 1.82) is 0 Å². The molecule has 3 aromatic carbocycles. The van der Waals surface area contributed by atoms with Crippen molar-refractivity contribution in [2.75, 3.05) is 19.6 Å². The van der Waals surface area contributed by atoms with Crippen LogP contribution < -0.4 is 4.74 Å². The van der Waals surface area contributed by atoms with Crippen LogP contribution in [0.25, 0.3) is 0 Å². The number of piperidine rings is 2. The second-order valence-corrected chi connectivity index (χ2v) is 11.4. The van der Waals surface area contributed by atoms with E-state index in [1.165, 1.54) is 24.8 Å². The number of Topliss-reactive ketones (excluding diaryl/α,β-unsaturated/α-hetero) is 1. The Hall–Kier alpha value is -3.32. The highest BCUT2D eigenvalue weighted by molar-refractivity contribution is 6.00. The molecule has 2 atom stereocenters. The van der Waals surface area contributed by atoms with E-state index >= 15 is 0 Å². The standard InChI is InChI=1S/C34H40N2O4/c1-25-8-6-7-21-36(25)24-27-11-13-29(14-12-27)33(38)40-31-17-15-28(16-18-31)32(37)26(2)35-22-19-34(39,20-23-35)30-9-4-3-5-10-30/h3-5,9-18,25-26,39H,6-8,19-24H2,1-2H3. The Morgan fingerprint density at radius 2 is 1.55 bits per heavy atom. The Bertz CT molecular complexity index is 1280. The van der Waals surface area contributed by atoms with Crippen LogP contribution in [0.15, 0.2) is 78.9 Å². The second-order valence-electron chi connectivity index (χ2n) is 11.4. The van der Waals surface area contributed by atoms with Gasteiger partial charge in [0.25, 0.3) is 0 Å². The van der Waals surface area contributed by atoms with Crippen molar-refractivity contribution in [3.63, 3.8) is 0 Å². The van der Waals surface area contributed by atoms with Crippen LogP contribution in [0.5, 0.6) is 5.75 Å². The predicted molar refractivity (Wildman–Crippen MR) is 157 cm³/mol. The fourth-order valence-corrected chi connectivity index (χ4v) is 5.95. The predicted octanol–water partition coefficient (Wildman–Crippen LogP) is 5.84. The topological polar surface area (TPSA) is 70.1 Å². The highest BCUT2D eigenvalue weighted by Crippen LogP contribution is 2.33. The zero-order valence-electron chi connectivity index (χ0n) is 23.6. The maximum atomic E-state index is 13.2. The Balaban J connectivity index is 1.13. The maximum Gasteiger partial charge on any atom is 0.343 e. The lowest BCUT2D eigenvalue weighted by molar-refractivity contribution is -0.0318. The molecular formula is C34H40N2O4. The molecule has 2 aliphatic rings. The molecular weight excluding hydrogens is 500 g/mol. The smallest absolute Gasteiger partial charge is 0.343 e. The van der Waals surface area contributed by atoms with E-state index in [1.807, 2.05) is 61.5 Å². The molecule has 2 unspecified atom stereocenters. The van der Waals surface area contributed by atoms with Crippen LogP contribution in [0.1, 0.15) is 77.8 Å². The molecule has 2 saturated heterocycles. The number of ether oxygens (including phenoxy) is 1. The number of ketones is 1. The lowest BCUT2D eigenvalue weighted by Gasteiger charge is -2.40. The minimum atomic E-state index is -0.849. The number of hydrogen-bond acceptors (Lipinski definition) is 6. The first kappa shape index (κ1) is 28.2. The number of rotatable bonds is 8. The van der Waals surface area contributed by atoms with Gasteiger partial charge in [0.05, 0.1) is 17.2 Å². The number of nitrogens with zero attached hydrogens (tertiary/aromatic N) is 2. The molecule has 2 fully saturated rings. The van der Waals surface area contributed by atoms with Crippen LogP contribution in [-0.4, -0.2) is 58.4 Å². The quantitative estimate of drug-likeness (QED) is 0.220. The zero-order valence-corrected chi connectivity index (χ0v) is 23.6. The van der Waals surface area contributed by atoms with Crippen LogP contribution in [0.4, 0.5) is 0 Å². The van der Waals surface area contributed by atoms with Gasteiger partial charge in [0, 0.05) is 31.2 Å². The van der Waals surface area contributed by atoms with E-state index in [9.17, 15) is 14.7 Å². The average molecular weight is 541 g/mol. The first-order valence-electron chi connectivity index (χ1n) is 14.5. The van der Waals surface area contributed by atoms with Crippen LogP contribution in [0, 0.1) is 0 Å². The number of carbonyl (C=O) groups is 2. The van der Waals surface area contributed by atoms with Gasteiger partial charge in [-0.3, -0.25) is 14.6 Å². The number of esters is 1. The summed E-state index contributed by atoms with van der Waals surface area (Å²) in [5.41, 5.74) is 2.36. The lowest BCUT2D eigenvalue weighted by Crippen LogP contribution is -2.48. The Kier molecular flexibility index (Phi) is 8.79. The number of aliphatic hydroxyl groups is 1. The molecule has 0 amide bonds. The summed E-state index contributed by atoms with van der Waals surface area (Å²) in [6.07, 6.45) is 4.96. The van der Waals surface area contributed by atoms with Crippen LogP contribution in [-0.2, 0) is 12.1 Å². The molecule has 2 aliphatic heterocycles. The van der Waals surface area contributed by atoms with E-state index in [-0.39, 0.29) is 11.8 Å². The van der Waals surface area contributed by atoms with E-state index < -0.39 is 11.6 Å². The summed E-state index contributed by atoms with van der Waals surface area (Å²) in [5.74, 6) is 0.0116. The SMILES string of the molecule is CC1CCCCN1Cc1ccc(C(=O)Oc2ccc(C(=O)C(C)N3CCC(O)(c4ccccc4)CC3)cc2)cc1. The molecule has 40 heavy (non-hydrogen) atoms. The first-order chi connectivity index (χ1) is 19.3. The summed E-state index contributed by atoms with van der Waals surface area (Å²) in [5, 5.41) is 11.1. The fourth-order valence-electron chi connectivity index (χ4n) is 5.95. The first-order valence-corrected chi connectivity index (χ1v) is 14.5. The zero-order chi connectivity index (χ0) is 28.1. The van der Waals surface area contributed by atoms with Gasteiger partial charge in [-0.15, -0.1) is 0 Å². The van der Waals surface area contributed by atoms with Gasteiger partial charge in [0.15, 0.2) is 5.78 Å². The average Bonchev–Trinajstić information content (AvgIpc) is 2.99. The molecule has 0 saturated carbocycles. The molecule has 2 heterocycles. The summed E-state index contributed by atoms with van der Waals surface area (Å²) < 4.78 is 5.58.